The molecule has 0 N–H and O–H groups in total. The van der Waals surface area contributed by atoms with E-state index < -0.39 is 0 Å². The molecule has 2 aromatic rings. The molecular formula is C20H23N3O2S. The topological polar surface area (TPSA) is 53.5 Å². The molecule has 1 saturated heterocycles. The zero-order valence-electron chi connectivity index (χ0n) is 15.1. The van der Waals surface area contributed by atoms with Gasteiger partial charge in [-0.2, -0.15) is 0 Å². The van der Waals surface area contributed by atoms with Gasteiger partial charge in [-0.3, -0.25) is 14.5 Å². The van der Waals surface area contributed by atoms with Gasteiger partial charge in [0.05, 0.1) is 11.4 Å². The van der Waals surface area contributed by atoms with Crippen LogP contribution in [0, 0.1) is 0 Å². The van der Waals surface area contributed by atoms with E-state index in [0.717, 1.165) is 25.1 Å². The Hall–Kier alpha value is -2.47. The predicted octanol–water partition coefficient (Wildman–Crippen LogP) is 4.24. The van der Waals surface area contributed by atoms with Crippen molar-refractivity contribution in [1.29, 1.82) is 0 Å². The number of carbonyl (C=O) groups excluding carboxylic acids is 2. The number of hydrogen-bond acceptors (Lipinski definition) is 4. The average Bonchev–Trinajstić information content (AvgIpc) is 3.09. The molecule has 2 amide bonds. The van der Waals surface area contributed by atoms with E-state index >= 15 is 0 Å². The Bertz CT molecular complexity index is 800. The predicted molar refractivity (Wildman–Crippen MR) is 105 cm³/mol. The van der Waals surface area contributed by atoms with Gasteiger partial charge in [0.2, 0.25) is 11.8 Å². The highest BCUT2D eigenvalue weighted by atomic mass is 32.1. The molecule has 136 valence electrons. The van der Waals surface area contributed by atoms with Gasteiger partial charge in [0.25, 0.3) is 0 Å². The van der Waals surface area contributed by atoms with Crippen molar-refractivity contribution in [3.8, 4) is 0 Å². The third-order valence-corrected chi connectivity index (χ3v) is 5.36. The summed E-state index contributed by atoms with van der Waals surface area (Å²) in [7, 11) is 0. The third-order valence-electron chi connectivity index (χ3n) is 4.51. The number of aromatic nitrogens is 1. The van der Waals surface area contributed by atoms with Crippen molar-refractivity contribution >= 4 is 40.0 Å². The van der Waals surface area contributed by atoms with Gasteiger partial charge >= 0.3 is 0 Å². The fourth-order valence-electron chi connectivity index (χ4n) is 3.14. The molecule has 0 saturated carbocycles. The lowest BCUT2D eigenvalue weighted by Crippen LogP contribution is -2.41. The summed E-state index contributed by atoms with van der Waals surface area (Å²) < 4.78 is 0. The molecule has 6 heteroatoms. The molecule has 0 aliphatic carbocycles. The molecule has 26 heavy (non-hydrogen) atoms. The minimum absolute atomic E-state index is 0.0261. The van der Waals surface area contributed by atoms with Crippen LogP contribution in [0.3, 0.4) is 0 Å². The van der Waals surface area contributed by atoms with Crippen LogP contribution >= 0.6 is 11.3 Å². The fourth-order valence-corrected chi connectivity index (χ4v) is 3.99. The van der Waals surface area contributed by atoms with E-state index in [9.17, 15) is 9.59 Å². The van der Waals surface area contributed by atoms with Crippen molar-refractivity contribution in [3.63, 3.8) is 0 Å². The minimum atomic E-state index is -0.0979. The molecule has 1 fully saturated rings. The zero-order valence-corrected chi connectivity index (χ0v) is 15.9. The van der Waals surface area contributed by atoms with Crippen LogP contribution in [-0.2, 0) is 9.59 Å². The number of rotatable bonds is 4. The Morgan fingerprint density at radius 3 is 2.73 bits per heavy atom. The highest BCUT2D eigenvalue weighted by Crippen LogP contribution is 2.29. The fraction of sp³-hybridized carbons (Fsp3) is 0.350. The van der Waals surface area contributed by atoms with Gasteiger partial charge in [-0.1, -0.05) is 18.2 Å². The monoisotopic (exact) mass is 369 g/mol. The number of benzene rings is 1. The number of thiazole rings is 1. The first kappa shape index (κ1) is 18.3. The number of nitrogens with zero attached hydrogens (tertiary/aromatic N) is 3. The summed E-state index contributed by atoms with van der Waals surface area (Å²) in [5, 5.41) is 2.46. The van der Waals surface area contributed by atoms with Gasteiger partial charge in [0.1, 0.15) is 0 Å². The maximum Gasteiger partial charge on any atom is 0.246 e. The van der Waals surface area contributed by atoms with Crippen molar-refractivity contribution in [3.05, 3.63) is 47.5 Å². The standard InChI is InChI=1S/C20H23N3O2S/c1-15-8-6-7-13-22(15)19(25)12-11-17-14-26-20(21-17)23(16(2)24)18-9-4-3-5-10-18/h3-5,9-12,14-15H,6-8,13H2,1-2H3. The smallest absolute Gasteiger partial charge is 0.246 e. The summed E-state index contributed by atoms with van der Waals surface area (Å²) in [6.45, 7) is 4.43. The number of anilines is 2. The quantitative estimate of drug-likeness (QED) is 0.758. The van der Waals surface area contributed by atoms with Crippen LogP contribution in [0.15, 0.2) is 41.8 Å². The first-order valence-electron chi connectivity index (χ1n) is 8.86. The molecule has 1 unspecified atom stereocenters. The first-order valence-corrected chi connectivity index (χ1v) is 9.74. The molecule has 1 aromatic carbocycles. The molecule has 1 aromatic heterocycles. The highest BCUT2D eigenvalue weighted by molar-refractivity contribution is 7.14. The zero-order chi connectivity index (χ0) is 18.5. The summed E-state index contributed by atoms with van der Waals surface area (Å²) in [6, 6.07) is 9.72. The number of hydrogen-bond donors (Lipinski definition) is 0. The Balaban J connectivity index is 1.74. The lowest BCUT2D eigenvalue weighted by Gasteiger charge is -2.32. The Morgan fingerprint density at radius 2 is 2.04 bits per heavy atom. The molecule has 5 nitrogen and oxygen atoms in total. The van der Waals surface area contributed by atoms with E-state index in [1.165, 1.54) is 24.7 Å². The Labute approximate surface area is 158 Å². The van der Waals surface area contributed by atoms with Crippen molar-refractivity contribution in [1.82, 2.24) is 9.88 Å². The van der Waals surface area contributed by atoms with E-state index in [4.69, 9.17) is 0 Å². The number of piperidine rings is 1. The van der Waals surface area contributed by atoms with Crippen LogP contribution < -0.4 is 4.90 Å². The van der Waals surface area contributed by atoms with Gasteiger partial charge in [-0.25, -0.2) is 4.98 Å². The van der Waals surface area contributed by atoms with Gasteiger partial charge in [-0.15, -0.1) is 11.3 Å². The molecule has 1 atom stereocenters. The molecule has 0 bridgehead atoms. The van der Waals surface area contributed by atoms with Crippen LogP contribution in [0.25, 0.3) is 6.08 Å². The maximum absolute atomic E-state index is 12.4. The number of para-hydroxylation sites is 1. The van der Waals surface area contributed by atoms with Gasteiger partial charge < -0.3 is 4.90 Å². The van der Waals surface area contributed by atoms with Crippen molar-refractivity contribution in [2.45, 2.75) is 39.2 Å². The van der Waals surface area contributed by atoms with E-state index in [-0.39, 0.29) is 17.9 Å². The molecule has 2 heterocycles. The summed E-state index contributed by atoms with van der Waals surface area (Å²) in [5.74, 6) is -0.0717. The molecule has 1 aliphatic rings. The second-order valence-corrected chi connectivity index (χ2v) is 7.29. The summed E-state index contributed by atoms with van der Waals surface area (Å²) in [5.41, 5.74) is 1.47. The number of likely N-dealkylation sites (tertiary alicyclic amines) is 1. The van der Waals surface area contributed by atoms with Crippen molar-refractivity contribution < 1.29 is 9.59 Å². The van der Waals surface area contributed by atoms with Crippen molar-refractivity contribution in [2.75, 3.05) is 11.4 Å². The van der Waals surface area contributed by atoms with Gasteiger partial charge in [0, 0.05) is 31.0 Å². The van der Waals surface area contributed by atoms with Crippen LogP contribution in [-0.4, -0.2) is 34.3 Å². The molecule has 1 aliphatic heterocycles. The van der Waals surface area contributed by atoms with E-state index in [0.29, 0.717) is 10.8 Å². The second-order valence-electron chi connectivity index (χ2n) is 6.45. The van der Waals surface area contributed by atoms with E-state index in [2.05, 4.69) is 11.9 Å². The summed E-state index contributed by atoms with van der Waals surface area (Å²) >= 11 is 1.39. The maximum atomic E-state index is 12.4. The minimum Gasteiger partial charge on any atom is -0.336 e. The normalized spacial score (nSPS) is 17.5. The van der Waals surface area contributed by atoms with Crippen LogP contribution in [0.5, 0.6) is 0 Å². The molecule has 0 radical (unpaired) electrons. The Kier molecular flexibility index (Phi) is 5.83. The van der Waals surface area contributed by atoms with Gasteiger partial charge in [-0.05, 0) is 44.4 Å². The lowest BCUT2D eigenvalue weighted by atomic mass is 10.0. The third kappa shape index (κ3) is 4.19. The summed E-state index contributed by atoms with van der Waals surface area (Å²) in [4.78, 5) is 32.5. The molecule has 0 spiro atoms. The van der Waals surface area contributed by atoms with Crippen LogP contribution in [0.2, 0.25) is 0 Å². The van der Waals surface area contributed by atoms with Crippen molar-refractivity contribution in [2.24, 2.45) is 0 Å². The first-order chi connectivity index (χ1) is 12.6. The number of carbonyl (C=O) groups is 2. The summed E-state index contributed by atoms with van der Waals surface area (Å²) in [6.07, 6.45) is 6.62. The van der Waals surface area contributed by atoms with Crippen LogP contribution in [0.4, 0.5) is 10.8 Å². The molecular weight excluding hydrogens is 346 g/mol. The van der Waals surface area contributed by atoms with E-state index in [1.807, 2.05) is 40.6 Å². The average molecular weight is 369 g/mol. The van der Waals surface area contributed by atoms with Crippen LogP contribution in [0.1, 0.15) is 38.8 Å². The lowest BCUT2D eigenvalue weighted by molar-refractivity contribution is -0.129. The second kappa shape index (κ2) is 8.27. The molecule has 3 rings (SSSR count). The van der Waals surface area contributed by atoms with E-state index in [1.54, 1.807) is 17.1 Å². The Morgan fingerprint density at radius 1 is 1.27 bits per heavy atom. The SMILES string of the molecule is CC(=O)N(c1ccccc1)c1nc(C=CC(=O)N2CCCCC2C)cs1. The highest BCUT2D eigenvalue weighted by Gasteiger charge is 2.21. The largest absolute Gasteiger partial charge is 0.336 e. The van der Waals surface area contributed by atoms with Gasteiger partial charge in [0.15, 0.2) is 5.13 Å². The number of amides is 2.